The minimum Gasteiger partial charge on any atom is -0.332 e. The average molecular weight is 470 g/mol. The largest absolute Gasteiger partial charge is 0.332 e. The number of carbonyl (C=O) groups excluding carboxylic acids is 2. The lowest BCUT2D eigenvalue weighted by atomic mass is 10.2. The van der Waals surface area contributed by atoms with Gasteiger partial charge in [0, 0.05) is 23.7 Å². The van der Waals surface area contributed by atoms with Gasteiger partial charge in [0.25, 0.3) is 0 Å². The molecule has 0 unspecified atom stereocenters. The predicted molar refractivity (Wildman–Crippen MR) is 127 cm³/mol. The van der Waals surface area contributed by atoms with Gasteiger partial charge in [-0.2, -0.15) is 0 Å². The van der Waals surface area contributed by atoms with Crippen molar-refractivity contribution in [1.82, 2.24) is 9.80 Å². The smallest absolute Gasteiger partial charge is 0.322 e. The molecule has 0 atom stereocenters. The molecule has 2 aromatic carbocycles. The van der Waals surface area contributed by atoms with Crippen LogP contribution in [0.4, 0.5) is 19.3 Å². The maximum Gasteiger partial charge on any atom is 0.322 e. The summed E-state index contributed by atoms with van der Waals surface area (Å²) in [5.74, 6) is -1.10. The van der Waals surface area contributed by atoms with E-state index < -0.39 is 11.8 Å². The Balaban J connectivity index is 1.76. The number of halogens is 2. The Labute approximate surface area is 196 Å². The van der Waals surface area contributed by atoms with E-state index in [9.17, 15) is 18.4 Å². The Bertz CT molecular complexity index is 1110. The summed E-state index contributed by atoms with van der Waals surface area (Å²) in [7, 11) is 0. The maximum atomic E-state index is 13.5. The molecular weight excluding hydrogens is 444 g/mol. The minimum atomic E-state index is -0.539. The number of anilines is 1. The minimum absolute atomic E-state index is 0.134. The second-order valence-corrected chi connectivity index (χ2v) is 8.51. The SMILES string of the molecule is C=CCN(CC(=O)N(Cc1ccc(F)cc1)Cc1sccc1C)C(=O)Nc1cccc(F)c1. The lowest BCUT2D eigenvalue weighted by molar-refractivity contribution is -0.132. The first-order valence-electron chi connectivity index (χ1n) is 10.3. The van der Waals surface area contributed by atoms with Crippen LogP contribution in [0.2, 0.25) is 0 Å². The van der Waals surface area contributed by atoms with Gasteiger partial charge in [0.2, 0.25) is 5.91 Å². The molecule has 0 aliphatic carbocycles. The van der Waals surface area contributed by atoms with E-state index in [4.69, 9.17) is 0 Å². The van der Waals surface area contributed by atoms with Gasteiger partial charge < -0.3 is 15.1 Å². The van der Waals surface area contributed by atoms with Crippen molar-refractivity contribution in [3.8, 4) is 0 Å². The van der Waals surface area contributed by atoms with Gasteiger partial charge in [-0.3, -0.25) is 4.79 Å². The average Bonchev–Trinajstić information content (AvgIpc) is 3.18. The third-order valence-electron chi connectivity index (χ3n) is 4.98. The highest BCUT2D eigenvalue weighted by molar-refractivity contribution is 7.10. The molecule has 5 nitrogen and oxygen atoms in total. The summed E-state index contributed by atoms with van der Waals surface area (Å²) in [5, 5.41) is 4.57. The molecule has 1 aromatic heterocycles. The third-order valence-corrected chi connectivity index (χ3v) is 5.99. The van der Waals surface area contributed by atoms with Gasteiger partial charge in [0.05, 0.1) is 6.54 Å². The molecule has 1 heterocycles. The Hall–Kier alpha value is -3.52. The molecule has 0 aliphatic heterocycles. The van der Waals surface area contributed by atoms with Gasteiger partial charge in [-0.1, -0.05) is 24.3 Å². The fourth-order valence-corrected chi connectivity index (χ4v) is 4.11. The topological polar surface area (TPSA) is 52.7 Å². The second-order valence-electron chi connectivity index (χ2n) is 7.51. The van der Waals surface area contributed by atoms with Gasteiger partial charge >= 0.3 is 6.03 Å². The van der Waals surface area contributed by atoms with Crippen molar-refractivity contribution in [3.05, 3.63) is 100 Å². The second kappa shape index (κ2) is 11.4. The number of urea groups is 1. The Morgan fingerprint density at radius 1 is 1.03 bits per heavy atom. The Kier molecular flexibility index (Phi) is 8.32. The molecule has 3 aromatic rings. The van der Waals surface area contributed by atoms with Crippen LogP contribution in [-0.4, -0.2) is 34.8 Å². The molecular formula is C25H25F2N3O2S. The summed E-state index contributed by atoms with van der Waals surface area (Å²) in [4.78, 5) is 30.0. The van der Waals surface area contributed by atoms with E-state index in [2.05, 4.69) is 11.9 Å². The molecule has 0 saturated carbocycles. The summed E-state index contributed by atoms with van der Waals surface area (Å²) in [6.45, 7) is 6.21. The number of benzene rings is 2. The van der Waals surface area contributed by atoms with Crippen LogP contribution in [0.15, 0.2) is 72.6 Å². The Morgan fingerprint density at radius 3 is 2.42 bits per heavy atom. The predicted octanol–water partition coefficient (Wildman–Crippen LogP) is 5.58. The summed E-state index contributed by atoms with van der Waals surface area (Å²) >= 11 is 1.55. The fourth-order valence-electron chi connectivity index (χ4n) is 3.19. The van der Waals surface area contributed by atoms with E-state index in [0.29, 0.717) is 12.2 Å². The van der Waals surface area contributed by atoms with Crippen LogP contribution in [-0.2, 0) is 17.9 Å². The molecule has 0 fully saturated rings. The molecule has 0 saturated heterocycles. The lowest BCUT2D eigenvalue weighted by Gasteiger charge is -2.27. The Morgan fingerprint density at radius 2 is 1.79 bits per heavy atom. The van der Waals surface area contributed by atoms with Gasteiger partial charge in [0.1, 0.15) is 18.2 Å². The maximum absolute atomic E-state index is 13.5. The van der Waals surface area contributed by atoms with E-state index in [1.54, 1.807) is 34.4 Å². The lowest BCUT2D eigenvalue weighted by Crippen LogP contribution is -2.44. The number of nitrogens with zero attached hydrogens (tertiary/aromatic N) is 2. The van der Waals surface area contributed by atoms with Crippen LogP contribution in [0.1, 0.15) is 16.0 Å². The number of thiophene rings is 1. The van der Waals surface area contributed by atoms with Crippen molar-refractivity contribution in [2.45, 2.75) is 20.0 Å². The highest BCUT2D eigenvalue weighted by Crippen LogP contribution is 2.20. The molecule has 3 rings (SSSR count). The van der Waals surface area contributed by atoms with Crippen LogP contribution in [0.5, 0.6) is 0 Å². The number of hydrogen-bond acceptors (Lipinski definition) is 3. The van der Waals surface area contributed by atoms with Crippen LogP contribution in [0.3, 0.4) is 0 Å². The summed E-state index contributed by atoms with van der Waals surface area (Å²) in [6, 6.07) is 12.9. The molecule has 0 spiro atoms. The standard InChI is InChI=1S/C25H25F2N3O2S/c1-3-12-29(25(32)28-22-6-4-5-21(27)14-22)17-24(31)30(16-23-18(2)11-13-33-23)15-19-7-9-20(26)10-8-19/h3-11,13-14H,1,12,15-17H2,2H3,(H,28,32). The summed E-state index contributed by atoms with van der Waals surface area (Å²) in [6.07, 6.45) is 1.52. The quantitative estimate of drug-likeness (QED) is 0.416. The number of carbonyl (C=O) groups is 2. The highest BCUT2D eigenvalue weighted by Gasteiger charge is 2.22. The molecule has 33 heavy (non-hydrogen) atoms. The van der Waals surface area contributed by atoms with Crippen molar-refractivity contribution in [1.29, 1.82) is 0 Å². The molecule has 0 radical (unpaired) electrons. The van der Waals surface area contributed by atoms with Gasteiger partial charge in [-0.05, 0) is 59.8 Å². The summed E-state index contributed by atoms with van der Waals surface area (Å²) < 4.78 is 26.8. The molecule has 8 heteroatoms. The molecule has 0 aliphatic rings. The van der Waals surface area contributed by atoms with E-state index in [-0.39, 0.29) is 31.4 Å². The van der Waals surface area contributed by atoms with E-state index in [1.165, 1.54) is 41.3 Å². The van der Waals surface area contributed by atoms with Crippen LogP contribution < -0.4 is 5.32 Å². The highest BCUT2D eigenvalue weighted by atomic mass is 32.1. The zero-order valence-corrected chi connectivity index (χ0v) is 19.1. The van der Waals surface area contributed by atoms with Crippen molar-refractivity contribution >= 4 is 29.0 Å². The van der Waals surface area contributed by atoms with Crippen molar-refractivity contribution in [2.75, 3.05) is 18.4 Å². The fraction of sp³-hybridized carbons (Fsp3) is 0.200. The van der Waals surface area contributed by atoms with Crippen LogP contribution >= 0.6 is 11.3 Å². The van der Waals surface area contributed by atoms with Crippen LogP contribution in [0, 0.1) is 18.6 Å². The van der Waals surface area contributed by atoms with Crippen molar-refractivity contribution < 1.29 is 18.4 Å². The van der Waals surface area contributed by atoms with E-state index in [0.717, 1.165) is 16.0 Å². The van der Waals surface area contributed by atoms with Crippen molar-refractivity contribution in [2.24, 2.45) is 0 Å². The number of aryl methyl sites for hydroxylation is 1. The normalized spacial score (nSPS) is 10.5. The zero-order valence-electron chi connectivity index (χ0n) is 18.3. The number of hydrogen-bond donors (Lipinski definition) is 1. The first-order valence-corrected chi connectivity index (χ1v) is 11.2. The number of nitrogens with one attached hydrogen (secondary N) is 1. The molecule has 3 amide bonds. The number of rotatable bonds is 9. The van der Waals surface area contributed by atoms with Crippen LogP contribution in [0.25, 0.3) is 0 Å². The van der Waals surface area contributed by atoms with Gasteiger partial charge in [-0.15, -0.1) is 17.9 Å². The van der Waals surface area contributed by atoms with Crippen molar-refractivity contribution in [3.63, 3.8) is 0 Å². The molecule has 0 bridgehead atoms. The molecule has 172 valence electrons. The monoisotopic (exact) mass is 469 g/mol. The van der Waals surface area contributed by atoms with Gasteiger partial charge in [-0.25, -0.2) is 13.6 Å². The summed E-state index contributed by atoms with van der Waals surface area (Å²) in [5.41, 5.74) is 2.14. The van der Waals surface area contributed by atoms with E-state index >= 15 is 0 Å². The zero-order chi connectivity index (χ0) is 23.8. The molecule has 1 N–H and O–H groups in total. The van der Waals surface area contributed by atoms with E-state index in [1.807, 2.05) is 18.4 Å². The van der Waals surface area contributed by atoms with Gasteiger partial charge in [0.15, 0.2) is 0 Å². The first-order chi connectivity index (χ1) is 15.9. The number of amides is 3. The third kappa shape index (κ3) is 6.98. The first kappa shape index (κ1) is 24.1.